The van der Waals surface area contributed by atoms with Crippen molar-refractivity contribution in [1.29, 1.82) is 0 Å². The van der Waals surface area contributed by atoms with Crippen molar-refractivity contribution in [3.05, 3.63) is 17.8 Å². The molecule has 0 atom stereocenters. The van der Waals surface area contributed by atoms with Crippen LogP contribution in [0.4, 0.5) is 0 Å². The van der Waals surface area contributed by atoms with Gasteiger partial charge in [0.1, 0.15) is 0 Å². The van der Waals surface area contributed by atoms with E-state index < -0.39 is 0 Å². The van der Waals surface area contributed by atoms with Crippen LogP contribution >= 0.6 is 0 Å². The van der Waals surface area contributed by atoms with Crippen LogP contribution in [0, 0.1) is 0 Å². The van der Waals surface area contributed by atoms with Crippen LogP contribution in [0.1, 0.15) is 13.0 Å². The Bertz CT molecular complexity index is 232. The van der Waals surface area contributed by atoms with Crippen LogP contribution in [0.5, 0.6) is 0 Å². The van der Waals surface area contributed by atoms with E-state index in [0.29, 0.717) is 0 Å². The van der Waals surface area contributed by atoms with Crippen LogP contribution in [0.15, 0.2) is 12.3 Å². The lowest BCUT2D eigenvalue weighted by atomic mass is 9.96. The van der Waals surface area contributed by atoms with Crippen molar-refractivity contribution in [2.75, 3.05) is 0 Å². The Hall–Kier alpha value is -0.890. The smallest absolute Gasteiger partial charge is 0.0725 e. The summed E-state index contributed by atoms with van der Waals surface area (Å²) in [6.07, 6.45) is 1.78. The summed E-state index contributed by atoms with van der Waals surface area (Å²) in [5.74, 6) is 0. The standard InChI is InChI=1S/C6H5NO.CH4/c8-3-4-1-6-5(4)2-7-6;/h1-2,8H,3H2;1H4. The molecule has 0 spiro atoms. The maximum absolute atomic E-state index is 8.54. The molecule has 2 aliphatic rings. The number of aliphatic hydroxyl groups excluding tert-OH is 1. The summed E-state index contributed by atoms with van der Waals surface area (Å²) in [5.41, 5.74) is 3.22. The fourth-order valence-corrected chi connectivity index (χ4v) is 0.862. The van der Waals surface area contributed by atoms with Gasteiger partial charge in [0.2, 0.25) is 0 Å². The second kappa shape index (κ2) is 1.81. The van der Waals surface area contributed by atoms with Crippen molar-refractivity contribution in [2.45, 2.75) is 14.0 Å². The largest absolute Gasteiger partial charge is 0.392 e. The van der Waals surface area contributed by atoms with E-state index in [1.165, 1.54) is 0 Å². The highest BCUT2D eigenvalue weighted by Gasteiger charge is 2.16. The molecule has 1 N–H and O–H groups in total. The van der Waals surface area contributed by atoms with Gasteiger partial charge < -0.3 is 5.11 Å². The predicted molar refractivity (Wildman–Crippen MR) is 35.9 cm³/mol. The van der Waals surface area contributed by atoms with Gasteiger partial charge in [-0.15, -0.1) is 0 Å². The van der Waals surface area contributed by atoms with Crippen LogP contribution in [-0.4, -0.2) is 10.1 Å². The molecule has 2 nitrogen and oxygen atoms in total. The molecule has 0 radical (unpaired) electrons. The molecule has 0 unspecified atom stereocenters. The molecule has 0 aromatic rings. The third-order valence-electron chi connectivity index (χ3n) is 1.44. The normalized spacial score (nSPS) is 10.3. The second-order valence-corrected chi connectivity index (χ2v) is 1.88. The summed E-state index contributed by atoms with van der Waals surface area (Å²) in [6, 6.07) is 1.90. The van der Waals surface area contributed by atoms with E-state index in [0.717, 1.165) is 16.8 Å². The molecule has 0 fully saturated rings. The van der Waals surface area contributed by atoms with E-state index >= 15 is 0 Å². The fraction of sp³-hybridized carbons (Fsp3) is 0.286. The Morgan fingerprint density at radius 3 is 2.44 bits per heavy atom. The fourth-order valence-electron chi connectivity index (χ4n) is 0.862. The lowest BCUT2D eigenvalue weighted by Gasteiger charge is -2.16. The lowest BCUT2D eigenvalue weighted by molar-refractivity contribution is 0.281. The highest BCUT2D eigenvalue weighted by atomic mass is 16.3. The topological polar surface area (TPSA) is 33.1 Å². The van der Waals surface area contributed by atoms with Crippen LogP contribution in [0.3, 0.4) is 0 Å². The molecule has 2 rings (SSSR count). The van der Waals surface area contributed by atoms with Crippen LogP contribution < -0.4 is 0 Å². The van der Waals surface area contributed by atoms with Gasteiger partial charge in [0.15, 0.2) is 0 Å². The Labute approximate surface area is 54.2 Å². The van der Waals surface area contributed by atoms with E-state index in [1.807, 2.05) is 6.07 Å². The van der Waals surface area contributed by atoms with Gasteiger partial charge in [0, 0.05) is 11.8 Å². The van der Waals surface area contributed by atoms with Crippen LogP contribution in [0.2, 0.25) is 0 Å². The summed E-state index contributed by atoms with van der Waals surface area (Å²) in [6.45, 7) is 0.158. The first-order chi connectivity index (χ1) is 3.92. The zero-order chi connectivity index (χ0) is 5.56. The molecule has 0 aromatic carbocycles. The monoisotopic (exact) mass is 123 g/mol. The van der Waals surface area contributed by atoms with Crippen molar-refractivity contribution >= 4 is 0 Å². The molecule has 0 saturated carbocycles. The maximum Gasteiger partial charge on any atom is 0.0725 e. The summed E-state index contributed by atoms with van der Waals surface area (Å²) < 4.78 is 0. The van der Waals surface area contributed by atoms with Crippen LogP contribution in [0.25, 0.3) is 11.3 Å². The van der Waals surface area contributed by atoms with Gasteiger partial charge in [0.05, 0.1) is 12.3 Å². The molecular formula is C7H9NO. The van der Waals surface area contributed by atoms with E-state index in [1.54, 1.807) is 6.20 Å². The zero-order valence-electron chi connectivity index (χ0n) is 4.26. The molecule has 9 heavy (non-hydrogen) atoms. The molecule has 48 valence electrons. The van der Waals surface area contributed by atoms with E-state index in [-0.39, 0.29) is 14.0 Å². The number of aliphatic hydroxyl groups is 1. The minimum Gasteiger partial charge on any atom is -0.392 e. The number of rotatable bonds is 1. The van der Waals surface area contributed by atoms with Gasteiger partial charge in [0.25, 0.3) is 0 Å². The lowest BCUT2D eigenvalue weighted by Crippen LogP contribution is -2.03. The average molecular weight is 123 g/mol. The first-order valence-corrected chi connectivity index (χ1v) is 2.52. The molecular weight excluding hydrogens is 114 g/mol. The quantitative estimate of drug-likeness (QED) is 0.617. The number of aromatic nitrogens is 1. The number of pyridine rings is 1. The third-order valence-corrected chi connectivity index (χ3v) is 1.44. The summed E-state index contributed by atoms with van der Waals surface area (Å²) >= 11 is 0. The summed E-state index contributed by atoms with van der Waals surface area (Å²) in [5, 5.41) is 8.54. The van der Waals surface area contributed by atoms with E-state index in [4.69, 9.17) is 5.11 Å². The molecule has 0 amide bonds. The number of fused-ring (bicyclic) bond motifs is 1. The predicted octanol–water partition coefficient (Wildman–Crippen LogP) is 1.19. The third kappa shape index (κ3) is 0.566. The van der Waals surface area contributed by atoms with E-state index in [2.05, 4.69) is 4.98 Å². The van der Waals surface area contributed by atoms with Gasteiger partial charge >= 0.3 is 0 Å². The van der Waals surface area contributed by atoms with Crippen molar-refractivity contribution in [3.63, 3.8) is 0 Å². The molecule has 0 bridgehead atoms. The Morgan fingerprint density at radius 1 is 1.56 bits per heavy atom. The van der Waals surface area contributed by atoms with E-state index in [9.17, 15) is 0 Å². The SMILES string of the molecule is C.OCc1cc2ncc1-2. The average Bonchev–Trinajstić information content (AvgIpc) is 1.76. The molecule has 2 heteroatoms. The van der Waals surface area contributed by atoms with Gasteiger partial charge in [-0.3, -0.25) is 4.98 Å². The second-order valence-electron chi connectivity index (χ2n) is 1.88. The maximum atomic E-state index is 8.54. The number of hydrogen-bond donors (Lipinski definition) is 1. The highest BCUT2D eigenvalue weighted by molar-refractivity contribution is 5.74. The zero-order valence-corrected chi connectivity index (χ0v) is 4.26. The molecule has 1 aliphatic carbocycles. The van der Waals surface area contributed by atoms with Crippen molar-refractivity contribution in [3.8, 4) is 11.3 Å². The Balaban J connectivity index is 0.000000405. The number of hydrogen-bond acceptors (Lipinski definition) is 2. The summed E-state index contributed by atoms with van der Waals surface area (Å²) in [4.78, 5) is 3.90. The summed E-state index contributed by atoms with van der Waals surface area (Å²) in [7, 11) is 0. The van der Waals surface area contributed by atoms with Gasteiger partial charge in [-0.05, 0) is 11.6 Å². The first kappa shape index (κ1) is 6.23. The van der Waals surface area contributed by atoms with Crippen molar-refractivity contribution < 1.29 is 5.11 Å². The van der Waals surface area contributed by atoms with Crippen molar-refractivity contribution in [1.82, 2.24) is 4.98 Å². The Morgan fingerprint density at radius 2 is 2.33 bits per heavy atom. The molecule has 1 aliphatic heterocycles. The Kier molecular flexibility index (Phi) is 1.25. The molecule has 0 saturated heterocycles. The van der Waals surface area contributed by atoms with Gasteiger partial charge in [-0.25, -0.2) is 0 Å². The molecule has 0 aromatic heterocycles. The minimum atomic E-state index is 0. The number of nitrogens with zero attached hydrogens (tertiary/aromatic N) is 1. The molecule has 1 heterocycles. The minimum absolute atomic E-state index is 0. The van der Waals surface area contributed by atoms with Gasteiger partial charge in [-0.1, -0.05) is 7.43 Å². The van der Waals surface area contributed by atoms with Crippen molar-refractivity contribution in [2.24, 2.45) is 0 Å². The highest BCUT2D eigenvalue weighted by Crippen LogP contribution is 2.32. The van der Waals surface area contributed by atoms with Gasteiger partial charge in [-0.2, -0.15) is 0 Å². The van der Waals surface area contributed by atoms with Crippen LogP contribution in [-0.2, 0) is 6.61 Å². The first-order valence-electron chi connectivity index (χ1n) is 2.52.